The van der Waals surface area contributed by atoms with Crippen molar-refractivity contribution < 1.29 is 22.7 Å². The smallest absolute Gasteiger partial charge is 0.383 e. The summed E-state index contributed by atoms with van der Waals surface area (Å²) in [5, 5.41) is 15.8. The first-order valence-electron chi connectivity index (χ1n) is 9.37. The molecule has 0 aliphatic rings. The number of hydrogen-bond acceptors (Lipinski definition) is 6. The van der Waals surface area contributed by atoms with Crippen molar-refractivity contribution in [2.75, 3.05) is 16.4 Å². The number of aliphatic hydroxyl groups is 1. The second-order valence-electron chi connectivity index (χ2n) is 7.07. The number of nitrogens with zero attached hydrogens (tertiary/aromatic N) is 3. The lowest BCUT2D eigenvalue weighted by atomic mass is 10.1. The Labute approximate surface area is 179 Å². The van der Waals surface area contributed by atoms with Gasteiger partial charge < -0.3 is 26.0 Å². The van der Waals surface area contributed by atoms with Crippen LogP contribution >= 0.6 is 0 Å². The van der Waals surface area contributed by atoms with E-state index in [1.807, 2.05) is 17.8 Å². The summed E-state index contributed by atoms with van der Waals surface area (Å²) in [6, 6.07) is 8.75. The van der Waals surface area contributed by atoms with E-state index in [1.54, 1.807) is 24.3 Å². The summed E-state index contributed by atoms with van der Waals surface area (Å²) in [6.45, 7) is 0. The molecule has 0 saturated heterocycles. The van der Waals surface area contributed by atoms with Gasteiger partial charge in [-0.3, -0.25) is 0 Å². The molecule has 2 aromatic carbocycles. The Kier molecular flexibility index (Phi) is 5.35. The SMILES string of the molecule is Cn1cc(-c2ccc(NC(O)Nc3cc(C(F)(F)F)ccc3F)cc2)c2c(N)ncnc21. The van der Waals surface area contributed by atoms with Gasteiger partial charge in [-0.2, -0.15) is 13.2 Å². The predicted octanol–water partition coefficient (Wildman–Crippen LogP) is 4.18. The zero-order valence-electron chi connectivity index (χ0n) is 16.7. The van der Waals surface area contributed by atoms with Gasteiger partial charge in [0.1, 0.15) is 23.6 Å². The highest BCUT2D eigenvalue weighted by atomic mass is 19.4. The Balaban J connectivity index is 1.52. The number of nitrogen functional groups attached to an aromatic ring is 1. The highest BCUT2D eigenvalue weighted by Gasteiger charge is 2.31. The van der Waals surface area contributed by atoms with Gasteiger partial charge in [0.25, 0.3) is 0 Å². The van der Waals surface area contributed by atoms with Crippen molar-refractivity contribution in [3.63, 3.8) is 0 Å². The third kappa shape index (κ3) is 4.14. The molecular weight excluding hydrogens is 428 g/mol. The quantitative estimate of drug-likeness (QED) is 0.271. The number of fused-ring (bicyclic) bond motifs is 1. The minimum Gasteiger partial charge on any atom is -0.383 e. The number of anilines is 3. The van der Waals surface area contributed by atoms with Crippen molar-refractivity contribution in [1.29, 1.82) is 0 Å². The fourth-order valence-corrected chi connectivity index (χ4v) is 3.35. The molecular formula is C21H18F4N6O. The van der Waals surface area contributed by atoms with Crippen molar-refractivity contribution in [1.82, 2.24) is 14.5 Å². The van der Waals surface area contributed by atoms with E-state index in [0.29, 0.717) is 40.7 Å². The van der Waals surface area contributed by atoms with Gasteiger partial charge in [-0.25, -0.2) is 14.4 Å². The maximum Gasteiger partial charge on any atom is 0.416 e. The topological polar surface area (TPSA) is 101 Å². The van der Waals surface area contributed by atoms with E-state index < -0.39 is 29.6 Å². The molecule has 0 amide bonds. The van der Waals surface area contributed by atoms with E-state index in [1.165, 1.54) is 6.33 Å². The summed E-state index contributed by atoms with van der Waals surface area (Å²) in [5.74, 6) is -0.583. The Morgan fingerprint density at radius 2 is 1.78 bits per heavy atom. The number of aromatic nitrogens is 3. The first-order chi connectivity index (χ1) is 15.1. The molecule has 0 fully saturated rings. The minimum atomic E-state index is -4.63. The maximum absolute atomic E-state index is 13.9. The second-order valence-corrected chi connectivity index (χ2v) is 7.07. The molecule has 0 spiro atoms. The molecule has 0 radical (unpaired) electrons. The normalized spacial score (nSPS) is 12.7. The Morgan fingerprint density at radius 3 is 2.47 bits per heavy atom. The molecule has 1 unspecified atom stereocenters. The molecule has 32 heavy (non-hydrogen) atoms. The van der Waals surface area contributed by atoms with Crippen LogP contribution in [0.25, 0.3) is 22.2 Å². The monoisotopic (exact) mass is 446 g/mol. The van der Waals surface area contributed by atoms with E-state index in [2.05, 4.69) is 20.6 Å². The number of rotatable bonds is 5. The average Bonchev–Trinajstić information content (AvgIpc) is 3.07. The number of nitrogens with two attached hydrogens (primary N) is 1. The van der Waals surface area contributed by atoms with Gasteiger partial charge in [0.15, 0.2) is 0 Å². The summed E-state index contributed by atoms with van der Waals surface area (Å²) in [5.41, 5.74) is 7.25. The molecule has 0 bridgehead atoms. The van der Waals surface area contributed by atoms with E-state index in [9.17, 15) is 22.7 Å². The fraction of sp³-hybridized carbons (Fsp3) is 0.143. The van der Waals surface area contributed by atoms with Crippen LogP contribution in [-0.2, 0) is 13.2 Å². The van der Waals surface area contributed by atoms with Gasteiger partial charge in [0.05, 0.1) is 16.6 Å². The molecule has 0 saturated carbocycles. The summed E-state index contributed by atoms with van der Waals surface area (Å²) in [4.78, 5) is 8.26. The zero-order valence-corrected chi connectivity index (χ0v) is 16.7. The summed E-state index contributed by atoms with van der Waals surface area (Å²) in [6.07, 6.45) is -2.92. The third-order valence-corrected chi connectivity index (χ3v) is 4.87. The van der Waals surface area contributed by atoms with Crippen LogP contribution < -0.4 is 16.4 Å². The van der Waals surface area contributed by atoms with Gasteiger partial charge >= 0.3 is 6.18 Å². The van der Waals surface area contributed by atoms with Crippen LogP contribution in [0, 0.1) is 5.82 Å². The predicted molar refractivity (Wildman–Crippen MR) is 113 cm³/mol. The van der Waals surface area contributed by atoms with Crippen LogP contribution in [0.4, 0.5) is 34.8 Å². The molecule has 2 heterocycles. The van der Waals surface area contributed by atoms with Crippen LogP contribution in [0.15, 0.2) is 55.0 Å². The lowest BCUT2D eigenvalue weighted by molar-refractivity contribution is -0.137. The van der Waals surface area contributed by atoms with Crippen LogP contribution in [0.2, 0.25) is 0 Å². The first kappa shape index (κ1) is 21.4. The summed E-state index contributed by atoms with van der Waals surface area (Å²) in [7, 11) is 1.84. The van der Waals surface area contributed by atoms with Gasteiger partial charge in [0, 0.05) is 24.5 Å². The Bertz CT molecular complexity index is 1270. The van der Waals surface area contributed by atoms with E-state index >= 15 is 0 Å². The van der Waals surface area contributed by atoms with Crippen molar-refractivity contribution in [3.05, 3.63) is 66.4 Å². The molecule has 7 nitrogen and oxygen atoms in total. The molecule has 0 aliphatic carbocycles. The van der Waals surface area contributed by atoms with Crippen LogP contribution in [0.5, 0.6) is 0 Å². The molecule has 4 aromatic rings. The number of aryl methyl sites for hydroxylation is 1. The summed E-state index contributed by atoms with van der Waals surface area (Å²) >= 11 is 0. The fourth-order valence-electron chi connectivity index (χ4n) is 3.35. The highest BCUT2D eigenvalue weighted by Crippen LogP contribution is 2.33. The molecule has 166 valence electrons. The summed E-state index contributed by atoms with van der Waals surface area (Å²) < 4.78 is 54.2. The molecule has 0 aliphatic heterocycles. The third-order valence-electron chi connectivity index (χ3n) is 4.87. The van der Waals surface area contributed by atoms with Gasteiger partial charge in [-0.1, -0.05) is 12.1 Å². The van der Waals surface area contributed by atoms with E-state index in [4.69, 9.17) is 5.73 Å². The van der Waals surface area contributed by atoms with E-state index in [0.717, 1.165) is 11.1 Å². The number of alkyl halides is 3. The van der Waals surface area contributed by atoms with Crippen molar-refractivity contribution in [3.8, 4) is 11.1 Å². The first-order valence-corrected chi connectivity index (χ1v) is 9.37. The number of nitrogens with one attached hydrogen (secondary N) is 2. The molecule has 5 N–H and O–H groups in total. The van der Waals surface area contributed by atoms with Crippen molar-refractivity contribution >= 4 is 28.2 Å². The Morgan fingerprint density at radius 1 is 1.06 bits per heavy atom. The number of aliphatic hydroxyl groups excluding tert-OH is 1. The average molecular weight is 446 g/mol. The van der Waals surface area contributed by atoms with Gasteiger partial charge in [0.2, 0.25) is 6.35 Å². The largest absolute Gasteiger partial charge is 0.416 e. The van der Waals surface area contributed by atoms with Crippen LogP contribution in [0.3, 0.4) is 0 Å². The van der Waals surface area contributed by atoms with Crippen LogP contribution in [0.1, 0.15) is 5.56 Å². The second kappa shape index (κ2) is 8.00. The van der Waals surface area contributed by atoms with Crippen molar-refractivity contribution in [2.45, 2.75) is 12.5 Å². The van der Waals surface area contributed by atoms with Gasteiger partial charge in [-0.05, 0) is 35.9 Å². The maximum atomic E-state index is 13.9. The minimum absolute atomic E-state index is 0.343. The number of hydrogen-bond donors (Lipinski definition) is 4. The molecule has 4 rings (SSSR count). The molecule has 11 heteroatoms. The van der Waals surface area contributed by atoms with Crippen LogP contribution in [-0.4, -0.2) is 26.0 Å². The lowest BCUT2D eigenvalue weighted by Gasteiger charge is -2.18. The lowest BCUT2D eigenvalue weighted by Crippen LogP contribution is -2.28. The molecule has 1 atom stereocenters. The number of benzene rings is 2. The standard InChI is InChI=1S/C21H18F4N6O/c1-31-9-14(17-18(26)27-10-28-19(17)31)11-2-5-13(6-3-11)29-20(32)30-16-8-12(21(23,24)25)4-7-15(16)22/h2-10,20,29-30,32H,1H3,(H2,26,27,28). The zero-order chi connectivity index (χ0) is 23.0. The highest BCUT2D eigenvalue weighted by molar-refractivity contribution is 6.00. The van der Waals surface area contributed by atoms with Gasteiger partial charge in [-0.15, -0.1) is 0 Å². The number of halogens is 4. The van der Waals surface area contributed by atoms with Crippen molar-refractivity contribution in [2.24, 2.45) is 7.05 Å². The Hall–Kier alpha value is -3.86. The van der Waals surface area contributed by atoms with E-state index in [-0.39, 0.29) is 0 Å². The molecule has 2 aromatic heterocycles.